The molecule has 3 heterocycles. The molecule has 0 saturated carbocycles. The highest BCUT2D eigenvalue weighted by molar-refractivity contribution is 5.97. The van der Waals surface area contributed by atoms with Gasteiger partial charge in [0.2, 0.25) is 0 Å². The van der Waals surface area contributed by atoms with Gasteiger partial charge in [0.1, 0.15) is 0 Å². The van der Waals surface area contributed by atoms with Crippen molar-refractivity contribution < 1.29 is 4.79 Å². The number of amides is 1. The lowest BCUT2D eigenvalue weighted by Crippen LogP contribution is -2.32. The Morgan fingerprint density at radius 3 is 2.56 bits per heavy atom. The van der Waals surface area contributed by atoms with E-state index in [1.54, 1.807) is 0 Å². The molecule has 0 radical (unpaired) electrons. The van der Waals surface area contributed by atoms with Crippen LogP contribution in [0, 0.1) is 20.8 Å². The lowest BCUT2D eigenvalue weighted by molar-refractivity contribution is 0.0945. The molecule has 4 rings (SSSR count). The number of pyridine rings is 2. The fourth-order valence-electron chi connectivity index (χ4n) is 3.68. The molecule has 1 aromatic carbocycles. The first-order valence-corrected chi connectivity index (χ1v) is 9.31. The van der Waals surface area contributed by atoms with Crippen molar-refractivity contribution in [3.63, 3.8) is 0 Å². The summed E-state index contributed by atoms with van der Waals surface area (Å²) in [6, 6.07) is 10.2. The average Bonchev–Trinajstić information content (AvgIpc) is 2.68. The molecule has 0 fully saturated rings. The van der Waals surface area contributed by atoms with Crippen LogP contribution in [0.2, 0.25) is 0 Å². The second-order valence-corrected chi connectivity index (χ2v) is 7.23. The molecular formula is C23H23N3O. The largest absolute Gasteiger partial charge is 0.352 e. The predicted molar refractivity (Wildman–Crippen MR) is 107 cm³/mol. The van der Waals surface area contributed by atoms with Gasteiger partial charge in [0.05, 0.1) is 5.69 Å². The lowest BCUT2D eigenvalue weighted by Gasteiger charge is -2.22. The molecule has 0 aliphatic carbocycles. The van der Waals surface area contributed by atoms with Crippen molar-refractivity contribution in [3.05, 3.63) is 81.8 Å². The summed E-state index contributed by atoms with van der Waals surface area (Å²) < 4.78 is 0. The third-order valence-electron chi connectivity index (χ3n) is 5.47. The van der Waals surface area contributed by atoms with Gasteiger partial charge in [0, 0.05) is 35.8 Å². The molecule has 4 nitrogen and oxygen atoms in total. The van der Waals surface area contributed by atoms with Crippen molar-refractivity contribution in [1.29, 1.82) is 0 Å². The second-order valence-electron chi connectivity index (χ2n) is 7.23. The van der Waals surface area contributed by atoms with Gasteiger partial charge in [0.25, 0.3) is 5.91 Å². The summed E-state index contributed by atoms with van der Waals surface area (Å²) in [5.74, 6) is 0.0425. The van der Waals surface area contributed by atoms with E-state index >= 15 is 0 Å². The summed E-state index contributed by atoms with van der Waals surface area (Å²) in [6.07, 6.45) is 5.46. The number of nitrogens with one attached hydrogen (secondary N) is 1. The Bertz CT molecular complexity index is 1010. The molecular weight excluding hydrogens is 334 g/mol. The summed E-state index contributed by atoms with van der Waals surface area (Å²) in [4.78, 5) is 21.2. The number of nitrogens with zero attached hydrogens (tertiary/aromatic N) is 2. The molecule has 1 N–H and O–H groups in total. The predicted octanol–water partition coefficient (Wildman–Crippen LogP) is 3.95. The highest BCUT2D eigenvalue weighted by Crippen LogP contribution is 2.27. The van der Waals surface area contributed by atoms with Crippen LogP contribution in [-0.2, 0) is 12.8 Å². The van der Waals surface area contributed by atoms with Gasteiger partial charge in [-0.3, -0.25) is 14.8 Å². The molecule has 0 spiro atoms. The standard InChI is InChI=1S/C23H23N3O/c1-14-4-6-18(13-25-14)22-7-5-17(12-26-22)10-19-11-21-20(16(3)15(19)2)8-9-24-23(21)27/h4-7,11-13H,8-10H2,1-3H3,(H,24,27). The molecule has 0 saturated heterocycles. The van der Waals surface area contributed by atoms with E-state index in [4.69, 9.17) is 0 Å². The van der Waals surface area contributed by atoms with Crippen LogP contribution in [0.3, 0.4) is 0 Å². The van der Waals surface area contributed by atoms with Crippen molar-refractivity contribution in [2.24, 2.45) is 0 Å². The summed E-state index contributed by atoms with van der Waals surface area (Å²) in [5.41, 5.74) is 9.80. The fraction of sp³-hybridized carbons (Fsp3) is 0.261. The molecule has 4 heteroatoms. The first-order chi connectivity index (χ1) is 13.0. The second kappa shape index (κ2) is 6.95. The van der Waals surface area contributed by atoms with Crippen LogP contribution in [0.1, 0.15) is 43.9 Å². The SMILES string of the molecule is Cc1ccc(-c2ccc(Cc3cc4c(c(C)c3C)CCNC4=O)cn2)cn1. The molecule has 3 aromatic rings. The van der Waals surface area contributed by atoms with Gasteiger partial charge in [-0.15, -0.1) is 0 Å². The van der Waals surface area contributed by atoms with E-state index in [0.29, 0.717) is 0 Å². The van der Waals surface area contributed by atoms with E-state index < -0.39 is 0 Å². The minimum atomic E-state index is 0.0425. The van der Waals surface area contributed by atoms with Crippen LogP contribution in [-0.4, -0.2) is 22.4 Å². The zero-order valence-electron chi connectivity index (χ0n) is 16.0. The van der Waals surface area contributed by atoms with E-state index in [-0.39, 0.29) is 5.91 Å². The van der Waals surface area contributed by atoms with Crippen molar-refractivity contribution >= 4 is 5.91 Å². The number of benzene rings is 1. The van der Waals surface area contributed by atoms with Gasteiger partial charge in [-0.05, 0) is 85.7 Å². The Morgan fingerprint density at radius 1 is 1.00 bits per heavy atom. The Hall–Kier alpha value is -3.01. The molecule has 27 heavy (non-hydrogen) atoms. The van der Waals surface area contributed by atoms with Crippen LogP contribution < -0.4 is 5.32 Å². The van der Waals surface area contributed by atoms with Gasteiger partial charge < -0.3 is 5.32 Å². The monoisotopic (exact) mass is 357 g/mol. The lowest BCUT2D eigenvalue weighted by atomic mass is 9.87. The number of carbonyl (C=O) groups excluding carboxylic acids is 1. The molecule has 0 unspecified atom stereocenters. The fourth-order valence-corrected chi connectivity index (χ4v) is 3.68. The van der Waals surface area contributed by atoms with Crippen LogP contribution in [0.15, 0.2) is 42.7 Å². The van der Waals surface area contributed by atoms with Gasteiger partial charge in [0.15, 0.2) is 0 Å². The summed E-state index contributed by atoms with van der Waals surface area (Å²) >= 11 is 0. The van der Waals surface area contributed by atoms with Crippen molar-refractivity contribution in [3.8, 4) is 11.3 Å². The van der Waals surface area contributed by atoms with Crippen molar-refractivity contribution in [2.75, 3.05) is 6.54 Å². The van der Waals surface area contributed by atoms with Crippen LogP contribution in [0.4, 0.5) is 0 Å². The zero-order chi connectivity index (χ0) is 19.0. The first-order valence-electron chi connectivity index (χ1n) is 9.31. The van der Waals surface area contributed by atoms with E-state index in [1.165, 1.54) is 22.3 Å². The van der Waals surface area contributed by atoms with E-state index in [2.05, 4.69) is 41.3 Å². The van der Waals surface area contributed by atoms with E-state index in [9.17, 15) is 4.79 Å². The molecule has 1 amide bonds. The average molecular weight is 357 g/mol. The normalized spacial score (nSPS) is 13.2. The van der Waals surface area contributed by atoms with Gasteiger partial charge in [-0.25, -0.2) is 0 Å². The zero-order valence-corrected chi connectivity index (χ0v) is 16.0. The quantitative estimate of drug-likeness (QED) is 0.772. The van der Waals surface area contributed by atoms with Crippen molar-refractivity contribution in [2.45, 2.75) is 33.6 Å². The number of carbonyl (C=O) groups is 1. The topological polar surface area (TPSA) is 54.9 Å². The highest BCUT2D eigenvalue weighted by Gasteiger charge is 2.21. The number of hydrogen-bond donors (Lipinski definition) is 1. The molecule has 2 aromatic heterocycles. The van der Waals surface area contributed by atoms with Crippen molar-refractivity contribution in [1.82, 2.24) is 15.3 Å². The number of aromatic nitrogens is 2. The van der Waals surface area contributed by atoms with Crippen LogP contribution in [0.25, 0.3) is 11.3 Å². The Kier molecular flexibility index (Phi) is 4.48. The maximum atomic E-state index is 12.2. The Labute approximate surface area is 159 Å². The van der Waals surface area contributed by atoms with Gasteiger partial charge in [-0.1, -0.05) is 6.07 Å². The maximum absolute atomic E-state index is 12.2. The smallest absolute Gasteiger partial charge is 0.251 e. The minimum Gasteiger partial charge on any atom is -0.352 e. The van der Waals surface area contributed by atoms with E-state index in [0.717, 1.165) is 47.5 Å². The minimum absolute atomic E-state index is 0.0425. The molecule has 0 bridgehead atoms. The number of rotatable bonds is 3. The van der Waals surface area contributed by atoms with Gasteiger partial charge >= 0.3 is 0 Å². The van der Waals surface area contributed by atoms with Crippen LogP contribution >= 0.6 is 0 Å². The summed E-state index contributed by atoms with van der Waals surface area (Å²) in [6.45, 7) is 6.98. The van der Waals surface area contributed by atoms with Gasteiger partial charge in [-0.2, -0.15) is 0 Å². The highest BCUT2D eigenvalue weighted by atomic mass is 16.1. The third kappa shape index (κ3) is 3.35. The summed E-state index contributed by atoms with van der Waals surface area (Å²) in [7, 11) is 0. The molecule has 0 atom stereocenters. The van der Waals surface area contributed by atoms with Crippen LogP contribution in [0.5, 0.6) is 0 Å². The molecule has 1 aliphatic heterocycles. The first kappa shape index (κ1) is 17.4. The third-order valence-corrected chi connectivity index (χ3v) is 5.47. The molecule has 136 valence electrons. The maximum Gasteiger partial charge on any atom is 0.251 e. The number of fused-ring (bicyclic) bond motifs is 1. The number of aryl methyl sites for hydroxylation is 1. The Morgan fingerprint density at radius 2 is 1.85 bits per heavy atom. The number of hydrogen-bond acceptors (Lipinski definition) is 3. The summed E-state index contributed by atoms with van der Waals surface area (Å²) in [5, 5.41) is 2.95. The molecule has 1 aliphatic rings. The Balaban J connectivity index is 1.63. The van der Waals surface area contributed by atoms with E-state index in [1.807, 2.05) is 37.5 Å².